The molecule has 1 aliphatic carbocycles. The maximum absolute atomic E-state index is 12.8. The standard InChI is InChI=1S/C23H25N9O2/c1-11-9-14-18-17(25-7-8-26-18)12(2)32(4)20(14)21(27-11)28-15-10-16(29-22(33)13-5-6-13)30-31-19(15)23(34)24-3/h7-10,12-13H,5-6H2,1-4H3,(H,24,34)(H2,27,28,29,30,33)/t12-/m1/s1/i3D3. The highest BCUT2D eigenvalue weighted by Crippen LogP contribution is 2.46. The second kappa shape index (κ2) is 8.32. The molecule has 0 saturated heterocycles. The molecule has 2 amide bonds. The predicted molar refractivity (Wildman–Crippen MR) is 127 cm³/mol. The van der Waals surface area contributed by atoms with E-state index in [1.807, 2.05) is 37.2 Å². The summed E-state index contributed by atoms with van der Waals surface area (Å²) < 4.78 is 22.2. The van der Waals surface area contributed by atoms with Crippen LogP contribution in [-0.4, -0.2) is 51.0 Å². The first-order valence-electron chi connectivity index (χ1n) is 12.4. The lowest BCUT2D eigenvalue weighted by atomic mass is 9.97. The van der Waals surface area contributed by atoms with E-state index in [0.29, 0.717) is 17.2 Å². The number of carbonyl (C=O) groups is 2. The summed E-state index contributed by atoms with van der Waals surface area (Å²) in [6.07, 6.45) is 4.88. The molecule has 1 aliphatic heterocycles. The van der Waals surface area contributed by atoms with E-state index in [1.165, 1.54) is 6.07 Å². The van der Waals surface area contributed by atoms with Crippen molar-refractivity contribution < 1.29 is 13.7 Å². The van der Waals surface area contributed by atoms with Crippen LogP contribution in [0.15, 0.2) is 24.5 Å². The molecule has 174 valence electrons. The normalized spacial score (nSPS) is 18.0. The Kier molecular flexibility index (Phi) is 4.48. The average molecular weight is 463 g/mol. The molecule has 2 aliphatic rings. The Hall–Kier alpha value is -4.15. The lowest BCUT2D eigenvalue weighted by Gasteiger charge is -2.35. The number of aromatic nitrogens is 5. The van der Waals surface area contributed by atoms with Crippen molar-refractivity contribution in [1.29, 1.82) is 0 Å². The second-order valence-corrected chi connectivity index (χ2v) is 8.42. The van der Waals surface area contributed by atoms with Gasteiger partial charge in [-0.25, -0.2) is 4.98 Å². The fourth-order valence-corrected chi connectivity index (χ4v) is 4.01. The summed E-state index contributed by atoms with van der Waals surface area (Å²) in [7, 11) is 1.90. The Labute approximate surface area is 200 Å². The van der Waals surface area contributed by atoms with Gasteiger partial charge in [0.1, 0.15) is 0 Å². The van der Waals surface area contributed by atoms with Crippen molar-refractivity contribution in [2.45, 2.75) is 32.7 Å². The zero-order valence-corrected chi connectivity index (χ0v) is 18.9. The van der Waals surface area contributed by atoms with Crippen LogP contribution in [0.1, 0.15) is 51.8 Å². The summed E-state index contributed by atoms with van der Waals surface area (Å²) in [6.45, 7) is 1.09. The molecule has 0 unspecified atom stereocenters. The first-order valence-corrected chi connectivity index (χ1v) is 10.9. The highest BCUT2D eigenvalue weighted by atomic mass is 16.2. The van der Waals surface area contributed by atoms with E-state index in [-0.39, 0.29) is 35.1 Å². The van der Waals surface area contributed by atoms with E-state index in [2.05, 4.69) is 35.8 Å². The van der Waals surface area contributed by atoms with Crippen molar-refractivity contribution >= 4 is 34.8 Å². The van der Waals surface area contributed by atoms with Gasteiger partial charge in [0.05, 0.1) is 28.8 Å². The topological polar surface area (TPSA) is 138 Å². The molecule has 1 fully saturated rings. The van der Waals surface area contributed by atoms with Gasteiger partial charge in [-0.3, -0.25) is 19.6 Å². The first-order chi connectivity index (χ1) is 17.5. The number of hydrogen-bond donors (Lipinski definition) is 3. The van der Waals surface area contributed by atoms with Crippen molar-refractivity contribution in [1.82, 2.24) is 30.5 Å². The third-order valence-corrected chi connectivity index (χ3v) is 6.01. The van der Waals surface area contributed by atoms with E-state index < -0.39 is 12.9 Å². The molecule has 34 heavy (non-hydrogen) atoms. The Morgan fingerprint density at radius 3 is 2.74 bits per heavy atom. The maximum atomic E-state index is 12.8. The zero-order chi connectivity index (χ0) is 26.5. The highest BCUT2D eigenvalue weighted by Gasteiger charge is 2.32. The van der Waals surface area contributed by atoms with Gasteiger partial charge in [0.15, 0.2) is 17.3 Å². The molecule has 0 aromatic carbocycles. The minimum Gasteiger partial charge on any atom is -0.363 e. The quantitative estimate of drug-likeness (QED) is 0.522. The van der Waals surface area contributed by atoms with E-state index in [9.17, 15) is 9.59 Å². The summed E-state index contributed by atoms with van der Waals surface area (Å²) in [5.74, 6) is -0.678. The maximum Gasteiger partial charge on any atom is 0.273 e. The van der Waals surface area contributed by atoms with E-state index >= 15 is 0 Å². The summed E-state index contributed by atoms with van der Waals surface area (Å²) in [5.41, 5.74) is 3.62. The third kappa shape index (κ3) is 3.78. The number of fused-ring (bicyclic) bond motifs is 3. The van der Waals surface area contributed by atoms with Gasteiger partial charge in [-0.15, -0.1) is 10.2 Å². The van der Waals surface area contributed by atoms with Crippen LogP contribution in [-0.2, 0) is 4.79 Å². The number of pyridine rings is 1. The van der Waals surface area contributed by atoms with Crippen LogP contribution >= 0.6 is 0 Å². The number of amides is 2. The number of hydrogen-bond acceptors (Lipinski definition) is 9. The Bertz CT molecular complexity index is 1410. The van der Waals surface area contributed by atoms with Crippen molar-refractivity contribution in [2.24, 2.45) is 5.92 Å². The lowest BCUT2D eigenvalue weighted by Crippen LogP contribution is -2.29. The van der Waals surface area contributed by atoms with Gasteiger partial charge < -0.3 is 20.9 Å². The minimum absolute atomic E-state index is 0.0708. The number of nitrogens with zero attached hydrogens (tertiary/aromatic N) is 6. The number of aryl methyl sites for hydroxylation is 1. The number of rotatable bonds is 5. The largest absolute Gasteiger partial charge is 0.363 e. The van der Waals surface area contributed by atoms with Crippen LogP contribution in [0.2, 0.25) is 0 Å². The minimum atomic E-state index is -2.73. The van der Waals surface area contributed by atoms with E-state index in [1.54, 1.807) is 12.4 Å². The average Bonchev–Trinajstić information content (AvgIpc) is 3.67. The summed E-state index contributed by atoms with van der Waals surface area (Å²) in [6, 6.07) is 3.23. The van der Waals surface area contributed by atoms with Crippen LogP contribution in [0.4, 0.5) is 23.0 Å². The lowest BCUT2D eigenvalue weighted by molar-refractivity contribution is -0.117. The number of nitrogens with one attached hydrogen (secondary N) is 3. The molecule has 0 bridgehead atoms. The Morgan fingerprint density at radius 1 is 1.18 bits per heavy atom. The molecule has 1 saturated carbocycles. The van der Waals surface area contributed by atoms with Gasteiger partial charge in [0.2, 0.25) is 5.91 Å². The molecule has 11 nitrogen and oxygen atoms in total. The molecule has 5 rings (SSSR count). The molecule has 3 aromatic heterocycles. The number of anilines is 4. The van der Waals surface area contributed by atoms with Crippen LogP contribution < -0.4 is 20.9 Å². The number of carbonyl (C=O) groups excluding carboxylic acids is 2. The molecule has 3 aromatic rings. The summed E-state index contributed by atoms with van der Waals surface area (Å²) in [4.78, 5) is 40.8. The molecule has 3 N–H and O–H groups in total. The molecule has 11 heteroatoms. The smallest absolute Gasteiger partial charge is 0.273 e. The van der Waals surface area contributed by atoms with Crippen LogP contribution in [0, 0.1) is 12.8 Å². The highest BCUT2D eigenvalue weighted by molar-refractivity contribution is 6.00. The van der Waals surface area contributed by atoms with Crippen molar-refractivity contribution in [3.8, 4) is 11.3 Å². The zero-order valence-electron chi connectivity index (χ0n) is 21.9. The molecular formula is C23H25N9O2. The SMILES string of the molecule is [2H]C([2H])([2H])NC(=O)c1nnc(NC(=O)C2CC2)cc1Nc1nc(C)cc2c1N(C)[C@H](C)c1nccnc1-2. The van der Waals surface area contributed by atoms with Gasteiger partial charge in [0.25, 0.3) is 5.91 Å². The van der Waals surface area contributed by atoms with Gasteiger partial charge >= 0.3 is 0 Å². The fraction of sp³-hybridized carbons (Fsp3) is 0.348. The van der Waals surface area contributed by atoms with Gasteiger partial charge in [-0.05, 0) is 32.8 Å². The van der Waals surface area contributed by atoms with Crippen LogP contribution in [0.25, 0.3) is 11.3 Å². The Balaban J connectivity index is 1.60. The second-order valence-electron chi connectivity index (χ2n) is 8.42. The Morgan fingerprint density at radius 2 is 1.97 bits per heavy atom. The van der Waals surface area contributed by atoms with Crippen LogP contribution in [0.3, 0.4) is 0 Å². The molecule has 4 heterocycles. The third-order valence-electron chi connectivity index (χ3n) is 6.01. The van der Waals surface area contributed by atoms with Crippen molar-refractivity contribution in [3.63, 3.8) is 0 Å². The van der Waals surface area contributed by atoms with E-state index in [4.69, 9.17) is 4.11 Å². The molecule has 0 radical (unpaired) electrons. The summed E-state index contributed by atoms with van der Waals surface area (Å²) >= 11 is 0. The van der Waals surface area contributed by atoms with Crippen LogP contribution in [0.5, 0.6) is 0 Å². The molecule has 0 spiro atoms. The fourth-order valence-electron chi connectivity index (χ4n) is 4.01. The van der Waals surface area contributed by atoms with Gasteiger partial charge in [0, 0.05) is 53.8 Å². The van der Waals surface area contributed by atoms with Crippen molar-refractivity contribution in [2.75, 3.05) is 29.6 Å². The monoisotopic (exact) mass is 462 g/mol. The summed E-state index contributed by atoms with van der Waals surface area (Å²) in [5, 5.41) is 15.7. The molecule has 1 atom stereocenters. The molecular weight excluding hydrogens is 434 g/mol. The van der Waals surface area contributed by atoms with Crippen molar-refractivity contribution in [3.05, 3.63) is 41.6 Å². The first kappa shape index (κ1) is 18.3. The predicted octanol–water partition coefficient (Wildman–Crippen LogP) is 2.60. The van der Waals surface area contributed by atoms with Gasteiger partial charge in [-0.2, -0.15) is 0 Å². The van der Waals surface area contributed by atoms with Gasteiger partial charge in [-0.1, -0.05) is 0 Å². The van der Waals surface area contributed by atoms with E-state index in [0.717, 1.165) is 29.8 Å².